The van der Waals surface area contributed by atoms with Gasteiger partial charge in [-0.1, -0.05) is 19.1 Å². The Morgan fingerprint density at radius 1 is 1.36 bits per heavy atom. The minimum absolute atomic E-state index is 0. The van der Waals surface area contributed by atoms with Crippen molar-refractivity contribution in [1.29, 1.82) is 0 Å². The fourth-order valence-electron chi connectivity index (χ4n) is 2.34. The number of hydrogen-bond donors (Lipinski definition) is 1. The van der Waals surface area contributed by atoms with Crippen LogP contribution in [0.3, 0.4) is 0 Å². The molecule has 2 rings (SSSR count). The number of nitrogens with one attached hydrogen (secondary N) is 1. The van der Waals surface area contributed by atoms with Crippen LogP contribution in [0.15, 0.2) is 24.3 Å². The highest BCUT2D eigenvalue weighted by Gasteiger charge is 2.30. The van der Waals surface area contributed by atoms with E-state index in [1.165, 1.54) is 12.1 Å². The van der Waals surface area contributed by atoms with Crippen LogP contribution >= 0.6 is 12.4 Å². The second-order valence-electron chi connectivity index (χ2n) is 5.42. The number of nitrogens with zero attached hydrogens (tertiary/aromatic N) is 1. The van der Waals surface area contributed by atoms with Crippen molar-refractivity contribution >= 4 is 18.3 Å². The molecule has 1 saturated heterocycles. The summed E-state index contributed by atoms with van der Waals surface area (Å²) in [6.07, 6.45) is 0. The predicted octanol–water partition coefficient (Wildman–Crippen LogP) is 2.52. The van der Waals surface area contributed by atoms with Crippen LogP contribution in [0.2, 0.25) is 0 Å². The van der Waals surface area contributed by atoms with Crippen LogP contribution < -0.4 is 10.1 Å². The number of rotatable bonds is 6. The molecule has 1 aliphatic heterocycles. The third-order valence-corrected chi connectivity index (χ3v) is 3.85. The predicted molar refractivity (Wildman–Crippen MR) is 82.3 cm³/mol. The fourth-order valence-corrected chi connectivity index (χ4v) is 2.34. The number of carbonyl (C=O) groups is 1. The van der Waals surface area contributed by atoms with Crippen LogP contribution in [0.5, 0.6) is 5.75 Å². The van der Waals surface area contributed by atoms with E-state index in [-0.39, 0.29) is 30.0 Å². The first-order valence-corrected chi connectivity index (χ1v) is 6.97. The van der Waals surface area contributed by atoms with E-state index >= 15 is 0 Å². The Morgan fingerprint density at radius 3 is 2.41 bits per heavy atom. The summed E-state index contributed by atoms with van der Waals surface area (Å²) >= 11 is 0. The van der Waals surface area contributed by atoms with Crippen LogP contribution in [0, 0.1) is 11.8 Å². The van der Waals surface area contributed by atoms with Crippen molar-refractivity contribution in [1.82, 2.24) is 10.2 Å². The molecule has 0 aromatic heterocycles. The van der Waals surface area contributed by atoms with Crippen LogP contribution in [0.25, 0.3) is 0 Å². The molecule has 1 aromatic rings. The second kappa shape index (κ2) is 8.29. The van der Waals surface area contributed by atoms with Crippen molar-refractivity contribution in [2.24, 2.45) is 11.8 Å². The maximum Gasteiger partial charge on any atom is 0.387 e. The molecule has 0 spiro atoms. The van der Waals surface area contributed by atoms with Crippen molar-refractivity contribution in [3.05, 3.63) is 29.8 Å². The topological polar surface area (TPSA) is 41.6 Å². The summed E-state index contributed by atoms with van der Waals surface area (Å²) in [4.78, 5) is 13.9. The lowest BCUT2D eigenvalue weighted by atomic mass is 9.88. The molecule has 1 aromatic carbocycles. The fraction of sp³-hybridized carbons (Fsp3) is 0.533. The van der Waals surface area contributed by atoms with Crippen LogP contribution in [-0.4, -0.2) is 37.6 Å². The molecule has 0 aliphatic carbocycles. The molecule has 22 heavy (non-hydrogen) atoms. The first-order chi connectivity index (χ1) is 9.97. The number of halogens is 3. The highest BCUT2D eigenvalue weighted by atomic mass is 35.5. The summed E-state index contributed by atoms with van der Waals surface area (Å²) in [7, 11) is 1.76. The zero-order valence-corrected chi connectivity index (χ0v) is 13.4. The number of carbonyl (C=O) groups excluding carboxylic acids is 1. The Kier molecular flexibility index (Phi) is 7.03. The summed E-state index contributed by atoms with van der Waals surface area (Å²) in [6.45, 7) is 1.36. The van der Waals surface area contributed by atoms with E-state index in [2.05, 4.69) is 10.1 Å². The molecule has 1 amide bonds. The molecule has 1 unspecified atom stereocenters. The molecule has 1 heterocycles. The van der Waals surface area contributed by atoms with E-state index < -0.39 is 6.61 Å². The van der Waals surface area contributed by atoms with E-state index in [4.69, 9.17) is 0 Å². The van der Waals surface area contributed by atoms with Gasteiger partial charge in [-0.05, 0) is 36.7 Å². The summed E-state index contributed by atoms with van der Waals surface area (Å²) in [5.41, 5.74) is 0.881. The summed E-state index contributed by atoms with van der Waals surface area (Å²) in [5.74, 6) is 0.630. The number of ether oxygens (including phenoxy) is 1. The van der Waals surface area contributed by atoms with Crippen LogP contribution in [0.1, 0.15) is 12.5 Å². The summed E-state index contributed by atoms with van der Waals surface area (Å²) in [5, 5.41) is 3.16. The van der Waals surface area contributed by atoms with Crippen molar-refractivity contribution in [2.75, 3.05) is 20.1 Å². The van der Waals surface area contributed by atoms with E-state index in [9.17, 15) is 13.6 Å². The van der Waals surface area contributed by atoms with E-state index in [1.807, 2.05) is 6.92 Å². The van der Waals surface area contributed by atoms with E-state index in [1.54, 1.807) is 24.1 Å². The number of benzene rings is 1. The van der Waals surface area contributed by atoms with Gasteiger partial charge in [0.15, 0.2) is 0 Å². The molecule has 0 bridgehead atoms. The second-order valence-corrected chi connectivity index (χ2v) is 5.42. The minimum Gasteiger partial charge on any atom is -0.435 e. The van der Waals surface area contributed by atoms with E-state index in [0.717, 1.165) is 18.7 Å². The molecule has 0 saturated carbocycles. The number of hydrogen-bond acceptors (Lipinski definition) is 3. The standard InChI is InChI=1S/C15H20F2N2O2.ClH/c1-10(12-7-18-8-12)14(20)19(2)9-11-3-5-13(6-4-11)21-15(16)17;/h3-6,10,12,15,18H,7-9H2,1-2H3;1H. The van der Waals surface area contributed by atoms with Gasteiger partial charge < -0.3 is 15.0 Å². The Labute approximate surface area is 135 Å². The van der Waals surface area contributed by atoms with E-state index in [0.29, 0.717) is 12.5 Å². The molecule has 1 atom stereocenters. The Balaban J connectivity index is 0.00000242. The van der Waals surface area contributed by atoms with Crippen LogP contribution in [-0.2, 0) is 11.3 Å². The van der Waals surface area contributed by atoms with Gasteiger partial charge >= 0.3 is 6.61 Å². The lowest BCUT2D eigenvalue weighted by Crippen LogP contribution is -2.49. The minimum atomic E-state index is -2.82. The molecule has 1 fully saturated rings. The zero-order chi connectivity index (χ0) is 15.4. The molecule has 124 valence electrons. The summed E-state index contributed by atoms with van der Waals surface area (Å²) in [6, 6.07) is 6.35. The van der Waals surface area contributed by atoms with Gasteiger partial charge in [0, 0.05) is 19.5 Å². The average Bonchev–Trinajstić information content (AvgIpc) is 2.37. The van der Waals surface area contributed by atoms with Gasteiger partial charge in [-0.15, -0.1) is 12.4 Å². The highest BCUT2D eigenvalue weighted by molar-refractivity contribution is 5.85. The Morgan fingerprint density at radius 2 is 1.95 bits per heavy atom. The van der Waals surface area contributed by atoms with Crippen molar-refractivity contribution in [3.63, 3.8) is 0 Å². The normalized spacial score (nSPS) is 15.7. The third kappa shape index (κ3) is 4.81. The first kappa shape index (κ1) is 18.6. The lowest BCUT2D eigenvalue weighted by Gasteiger charge is -2.34. The molecule has 0 radical (unpaired) electrons. The molecule has 1 aliphatic rings. The first-order valence-electron chi connectivity index (χ1n) is 6.97. The van der Waals surface area contributed by atoms with Crippen molar-refractivity contribution in [3.8, 4) is 5.75 Å². The Bertz CT molecular complexity index is 481. The quantitative estimate of drug-likeness (QED) is 0.869. The van der Waals surface area contributed by atoms with Gasteiger partial charge in [0.2, 0.25) is 5.91 Å². The molecule has 7 heteroatoms. The lowest BCUT2D eigenvalue weighted by molar-refractivity contribution is -0.136. The molecular weight excluding hydrogens is 314 g/mol. The van der Waals surface area contributed by atoms with Gasteiger partial charge in [0.1, 0.15) is 5.75 Å². The van der Waals surface area contributed by atoms with Crippen molar-refractivity contribution < 1.29 is 18.3 Å². The maximum absolute atomic E-state index is 12.3. The monoisotopic (exact) mass is 334 g/mol. The maximum atomic E-state index is 12.3. The molecule has 1 N–H and O–H groups in total. The van der Waals surface area contributed by atoms with Gasteiger partial charge in [0.25, 0.3) is 0 Å². The summed E-state index contributed by atoms with van der Waals surface area (Å²) < 4.78 is 28.4. The Hall–Kier alpha value is -1.40. The molecular formula is C15H21ClF2N2O2. The van der Waals surface area contributed by atoms with Gasteiger partial charge in [0.05, 0.1) is 0 Å². The van der Waals surface area contributed by atoms with Crippen LogP contribution in [0.4, 0.5) is 8.78 Å². The van der Waals surface area contributed by atoms with Crippen molar-refractivity contribution in [2.45, 2.75) is 20.1 Å². The highest BCUT2D eigenvalue weighted by Crippen LogP contribution is 2.20. The molecule has 4 nitrogen and oxygen atoms in total. The smallest absolute Gasteiger partial charge is 0.387 e. The zero-order valence-electron chi connectivity index (χ0n) is 12.6. The SMILES string of the molecule is CC(C(=O)N(C)Cc1ccc(OC(F)F)cc1)C1CNC1.Cl. The van der Waals surface area contributed by atoms with Gasteiger partial charge in [-0.25, -0.2) is 0 Å². The van der Waals surface area contributed by atoms with Gasteiger partial charge in [-0.2, -0.15) is 8.78 Å². The largest absolute Gasteiger partial charge is 0.435 e. The number of alkyl halides is 2. The third-order valence-electron chi connectivity index (χ3n) is 3.85. The average molecular weight is 335 g/mol. The van der Waals surface area contributed by atoms with Gasteiger partial charge in [-0.3, -0.25) is 4.79 Å². The number of amides is 1.